The summed E-state index contributed by atoms with van der Waals surface area (Å²) >= 11 is 6.22. The van der Waals surface area contributed by atoms with Crippen LogP contribution in [-0.2, 0) is 0 Å². The first-order chi connectivity index (χ1) is 12.8. The van der Waals surface area contributed by atoms with Crippen molar-refractivity contribution in [3.05, 3.63) is 58.6 Å². The van der Waals surface area contributed by atoms with E-state index in [-0.39, 0.29) is 11.7 Å². The number of hydrogen-bond acceptors (Lipinski definition) is 3. The highest BCUT2D eigenvalue weighted by Gasteiger charge is 2.33. The van der Waals surface area contributed by atoms with E-state index >= 15 is 0 Å². The molecule has 1 heterocycles. The van der Waals surface area contributed by atoms with Crippen molar-refractivity contribution in [2.75, 3.05) is 5.32 Å². The molecular formula is C20H16ClF3N2O. The van der Waals surface area contributed by atoms with Crippen LogP contribution in [0.2, 0.25) is 5.02 Å². The van der Waals surface area contributed by atoms with Crippen LogP contribution in [0, 0.1) is 6.92 Å². The number of aromatic nitrogens is 1. The lowest BCUT2D eigenvalue weighted by atomic mass is 10.0. The summed E-state index contributed by atoms with van der Waals surface area (Å²) < 4.78 is 41.9. The highest BCUT2D eigenvalue weighted by molar-refractivity contribution is 6.35. The molecule has 0 amide bonds. The molecule has 3 nitrogen and oxygen atoms in total. The third-order valence-electron chi connectivity index (χ3n) is 4.51. The van der Waals surface area contributed by atoms with Crippen LogP contribution in [0.4, 0.5) is 24.7 Å². The van der Waals surface area contributed by atoms with Gasteiger partial charge in [-0.3, -0.25) is 0 Å². The lowest BCUT2D eigenvalue weighted by Crippen LogP contribution is -2.17. The second-order valence-electron chi connectivity index (χ2n) is 6.66. The molecule has 0 aliphatic heterocycles. The minimum absolute atomic E-state index is 0.193. The molecule has 2 aromatic carbocycles. The standard InChI is InChI=1S/C20H16ClF3N2O/c1-11-9-14(27-20(22,23)24)10-15(12-5-6-12)18(11)25-17-8-7-13-3-2-4-16(21)19(13)26-17/h2-4,7-10,12H,5-6H2,1H3,(H,25,26). The fourth-order valence-corrected chi connectivity index (χ4v) is 3.39. The first-order valence-corrected chi connectivity index (χ1v) is 8.90. The van der Waals surface area contributed by atoms with Crippen LogP contribution in [0.5, 0.6) is 5.75 Å². The molecule has 27 heavy (non-hydrogen) atoms. The molecule has 0 bridgehead atoms. The summed E-state index contributed by atoms with van der Waals surface area (Å²) in [5, 5.41) is 4.73. The number of ether oxygens (including phenoxy) is 1. The van der Waals surface area contributed by atoms with Gasteiger partial charge in [0.2, 0.25) is 0 Å². The molecule has 4 rings (SSSR count). The van der Waals surface area contributed by atoms with Crippen molar-refractivity contribution in [3.63, 3.8) is 0 Å². The molecule has 0 saturated heterocycles. The number of aryl methyl sites for hydroxylation is 1. The molecule has 1 saturated carbocycles. The lowest BCUT2D eigenvalue weighted by Gasteiger charge is -2.18. The normalized spacial score (nSPS) is 14.4. The van der Waals surface area contributed by atoms with Gasteiger partial charge in [0.15, 0.2) is 0 Å². The molecule has 1 N–H and O–H groups in total. The number of benzene rings is 2. The van der Waals surface area contributed by atoms with E-state index in [1.807, 2.05) is 24.3 Å². The van der Waals surface area contributed by atoms with Gasteiger partial charge in [0.25, 0.3) is 0 Å². The Morgan fingerprint density at radius 3 is 2.63 bits per heavy atom. The van der Waals surface area contributed by atoms with Crippen molar-refractivity contribution in [1.29, 1.82) is 0 Å². The second kappa shape index (κ2) is 6.60. The molecule has 1 fully saturated rings. The van der Waals surface area contributed by atoms with Crippen LogP contribution in [0.3, 0.4) is 0 Å². The smallest absolute Gasteiger partial charge is 0.406 e. The van der Waals surface area contributed by atoms with Crippen LogP contribution >= 0.6 is 11.6 Å². The zero-order valence-electron chi connectivity index (χ0n) is 14.4. The van der Waals surface area contributed by atoms with Crippen LogP contribution in [-0.4, -0.2) is 11.3 Å². The van der Waals surface area contributed by atoms with Crippen molar-refractivity contribution in [2.24, 2.45) is 0 Å². The van der Waals surface area contributed by atoms with Crippen LogP contribution in [0.15, 0.2) is 42.5 Å². The molecule has 0 spiro atoms. The minimum Gasteiger partial charge on any atom is -0.406 e. The maximum absolute atomic E-state index is 12.6. The van der Waals surface area contributed by atoms with E-state index in [2.05, 4.69) is 15.0 Å². The third kappa shape index (κ3) is 3.95. The first kappa shape index (κ1) is 17.9. The molecule has 0 unspecified atom stereocenters. The zero-order valence-corrected chi connectivity index (χ0v) is 15.2. The number of halogens is 4. The molecule has 1 aliphatic carbocycles. The largest absolute Gasteiger partial charge is 0.573 e. The molecule has 1 aliphatic rings. The van der Waals surface area contributed by atoms with Gasteiger partial charge in [-0.15, -0.1) is 13.2 Å². The van der Waals surface area contributed by atoms with Crippen molar-refractivity contribution >= 4 is 34.0 Å². The quantitative estimate of drug-likeness (QED) is 0.535. The average Bonchev–Trinajstić information content (AvgIpc) is 3.41. The van der Waals surface area contributed by atoms with Crippen LogP contribution in [0.25, 0.3) is 10.9 Å². The Balaban J connectivity index is 1.72. The van der Waals surface area contributed by atoms with Crippen molar-refractivity contribution < 1.29 is 17.9 Å². The number of hydrogen-bond donors (Lipinski definition) is 1. The molecule has 1 aromatic heterocycles. The number of fused-ring (bicyclic) bond motifs is 1. The van der Waals surface area contributed by atoms with Gasteiger partial charge in [-0.25, -0.2) is 4.98 Å². The summed E-state index contributed by atoms with van der Waals surface area (Å²) in [7, 11) is 0. The van der Waals surface area contributed by atoms with E-state index < -0.39 is 6.36 Å². The van der Waals surface area contributed by atoms with Gasteiger partial charge in [0.05, 0.1) is 10.5 Å². The summed E-state index contributed by atoms with van der Waals surface area (Å²) in [5.74, 6) is 0.624. The maximum Gasteiger partial charge on any atom is 0.573 e. The van der Waals surface area contributed by atoms with E-state index in [0.717, 1.165) is 29.5 Å². The number of rotatable bonds is 4. The number of pyridine rings is 1. The predicted octanol–water partition coefficient (Wildman–Crippen LogP) is 6.72. The Kier molecular flexibility index (Phi) is 4.38. The molecule has 3 aromatic rings. The van der Waals surface area contributed by atoms with E-state index in [1.165, 1.54) is 12.1 Å². The highest BCUT2D eigenvalue weighted by atomic mass is 35.5. The van der Waals surface area contributed by atoms with Crippen LogP contribution < -0.4 is 10.1 Å². The Bertz CT molecular complexity index is 1020. The van der Waals surface area contributed by atoms with Gasteiger partial charge in [-0.1, -0.05) is 23.7 Å². The number of nitrogens with one attached hydrogen (secondary N) is 1. The molecular weight excluding hydrogens is 377 g/mol. The summed E-state index contributed by atoms with van der Waals surface area (Å²) in [6.45, 7) is 1.76. The Morgan fingerprint density at radius 2 is 1.93 bits per heavy atom. The van der Waals surface area contributed by atoms with Gasteiger partial charge in [-0.05, 0) is 67.1 Å². The van der Waals surface area contributed by atoms with E-state index in [1.54, 1.807) is 13.0 Å². The minimum atomic E-state index is -4.71. The average molecular weight is 393 g/mol. The first-order valence-electron chi connectivity index (χ1n) is 8.53. The second-order valence-corrected chi connectivity index (χ2v) is 7.07. The number of anilines is 2. The zero-order chi connectivity index (χ0) is 19.2. The fraction of sp³-hybridized carbons (Fsp3) is 0.250. The number of para-hydroxylation sites is 1. The van der Waals surface area contributed by atoms with Crippen molar-refractivity contribution in [1.82, 2.24) is 4.98 Å². The number of nitrogens with zero attached hydrogens (tertiary/aromatic N) is 1. The van der Waals surface area contributed by atoms with Gasteiger partial charge in [-0.2, -0.15) is 0 Å². The fourth-order valence-electron chi connectivity index (χ4n) is 3.17. The predicted molar refractivity (Wildman–Crippen MR) is 99.9 cm³/mol. The molecule has 7 heteroatoms. The van der Waals surface area contributed by atoms with E-state index in [9.17, 15) is 13.2 Å². The molecule has 0 atom stereocenters. The SMILES string of the molecule is Cc1cc(OC(F)(F)F)cc(C2CC2)c1Nc1ccc2cccc(Cl)c2n1. The van der Waals surface area contributed by atoms with Crippen LogP contribution in [0.1, 0.15) is 29.9 Å². The Hall–Kier alpha value is -2.47. The lowest BCUT2D eigenvalue weighted by molar-refractivity contribution is -0.274. The summed E-state index contributed by atoms with van der Waals surface area (Å²) in [5.41, 5.74) is 2.92. The van der Waals surface area contributed by atoms with Gasteiger partial charge >= 0.3 is 6.36 Å². The maximum atomic E-state index is 12.6. The van der Waals surface area contributed by atoms with E-state index in [0.29, 0.717) is 21.9 Å². The summed E-state index contributed by atoms with van der Waals surface area (Å²) in [4.78, 5) is 4.56. The monoisotopic (exact) mass is 392 g/mol. The number of alkyl halides is 3. The third-order valence-corrected chi connectivity index (χ3v) is 4.82. The summed E-state index contributed by atoms with van der Waals surface area (Å²) in [6, 6.07) is 12.1. The highest BCUT2D eigenvalue weighted by Crippen LogP contribution is 2.47. The molecule has 0 radical (unpaired) electrons. The van der Waals surface area contributed by atoms with E-state index in [4.69, 9.17) is 11.6 Å². The molecule has 140 valence electrons. The topological polar surface area (TPSA) is 34.1 Å². The van der Waals surface area contributed by atoms with Crippen molar-refractivity contribution in [2.45, 2.75) is 32.0 Å². The Morgan fingerprint density at radius 1 is 1.15 bits per heavy atom. The van der Waals surface area contributed by atoms with Gasteiger partial charge in [0, 0.05) is 11.1 Å². The van der Waals surface area contributed by atoms with Gasteiger partial charge in [0.1, 0.15) is 11.6 Å². The summed E-state index contributed by atoms with van der Waals surface area (Å²) in [6.07, 6.45) is -2.82. The Labute approximate surface area is 159 Å². The van der Waals surface area contributed by atoms with Crippen molar-refractivity contribution in [3.8, 4) is 5.75 Å². The van der Waals surface area contributed by atoms with Gasteiger partial charge < -0.3 is 10.1 Å².